The Kier molecular flexibility index (Phi) is 9.57. The van der Waals surface area contributed by atoms with E-state index >= 15 is 0 Å². The van der Waals surface area contributed by atoms with Gasteiger partial charge in [0.15, 0.2) is 0 Å². The van der Waals surface area contributed by atoms with Crippen molar-refractivity contribution in [2.75, 3.05) is 0 Å². The number of fused-ring (bicyclic) bond motifs is 2. The van der Waals surface area contributed by atoms with Crippen LogP contribution in [-0.2, 0) is 20.8 Å². The molecule has 1 saturated heterocycles. The minimum absolute atomic E-state index is 0.0657. The Bertz CT molecular complexity index is 2430. The van der Waals surface area contributed by atoms with E-state index < -0.39 is 29.3 Å². The Morgan fingerprint density at radius 1 is 0.680 bits per heavy atom. The zero-order chi connectivity index (χ0) is 34.4. The molecule has 2 aliphatic carbocycles. The van der Waals surface area contributed by atoms with Gasteiger partial charge in [0.2, 0.25) is 0 Å². The first kappa shape index (κ1) is 33.6. The molecule has 2 aromatic heterocycles. The van der Waals surface area contributed by atoms with Gasteiger partial charge in [-0.2, -0.15) is 0 Å². The number of rotatable bonds is 5. The number of aryl methyl sites for hydroxylation is 3. The van der Waals surface area contributed by atoms with Crippen molar-refractivity contribution in [1.29, 1.82) is 0 Å². The third-order valence-electron chi connectivity index (χ3n) is 10.2. The summed E-state index contributed by atoms with van der Waals surface area (Å²) in [6.45, 7) is 6.28. The van der Waals surface area contributed by atoms with Crippen LogP contribution in [0.2, 0.25) is 12.1 Å². The van der Waals surface area contributed by atoms with Crippen LogP contribution in [0.1, 0.15) is 57.6 Å². The third-order valence-corrected chi connectivity index (χ3v) is 13.3. The second-order valence-electron chi connectivity index (χ2n) is 13.2. The molecule has 6 aromatic rings. The van der Waals surface area contributed by atoms with Crippen molar-refractivity contribution < 1.29 is 29.7 Å². The van der Waals surface area contributed by atoms with E-state index in [1.165, 1.54) is 74.2 Å². The summed E-state index contributed by atoms with van der Waals surface area (Å²) in [5.41, 5.74) is 13.8. The summed E-state index contributed by atoms with van der Waals surface area (Å²) in [6.07, 6.45) is 7.64. The van der Waals surface area contributed by atoms with Gasteiger partial charge in [-0.25, -0.2) is 0 Å². The molecule has 0 N–H and O–H groups in total. The van der Waals surface area contributed by atoms with E-state index in [0.717, 1.165) is 33.8 Å². The molecule has 0 radical (unpaired) electrons. The molecule has 1 fully saturated rings. The predicted octanol–water partition coefficient (Wildman–Crippen LogP) is 12.2. The topological polar surface area (TPSA) is 26.3 Å². The summed E-state index contributed by atoms with van der Waals surface area (Å²) >= 11 is -0.826. The quantitative estimate of drug-likeness (QED) is 0.129. The van der Waals surface area contributed by atoms with Crippen LogP contribution in [0.15, 0.2) is 118 Å². The van der Waals surface area contributed by atoms with Crippen molar-refractivity contribution in [3.8, 4) is 22.3 Å². The average molecular weight is 786 g/mol. The van der Waals surface area contributed by atoms with Gasteiger partial charge in [-0.3, -0.25) is 0 Å². The van der Waals surface area contributed by atoms with Crippen LogP contribution < -0.4 is 5.22 Å². The van der Waals surface area contributed by atoms with E-state index in [1.54, 1.807) is 4.81 Å². The van der Waals surface area contributed by atoms with Crippen LogP contribution in [0.5, 0.6) is 0 Å². The molecule has 0 amide bonds. The van der Waals surface area contributed by atoms with Crippen molar-refractivity contribution in [3.63, 3.8) is 0 Å². The molecular formula is C44H35Cl2O2SiZr-. The first-order valence-corrected chi connectivity index (χ1v) is 25.3. The van der Waals surface area contributed by atoms with Crippen LogP contribution in [0, 0.1) is 25.6 Å². The Labute approximate surface area is 313 Å². The summed E-state index contributed by atoms with van der Waals surface area (Å²) < 4.78 is 12.9. The van der Waals surface area contributed by atoms with Gasteiger partial charge in [-0.05, 0) is 108 Å². The molecule has 3 heterocycles. The number of hydrogen-bond donors (Lipinski definition) is 0. The molecule has 3 aliphatic rings. The normalized spacial score (nSPS) is 15.8. The second kappa shape index (κ2) is 14.2. The maximum atomic E-state index is 6.47. The fraction of sp³-hybridized carbons (Fsp3) is 0.159. The van der Waals surface area contributed by atoms with Crippen LogP contribution in [0.25, 0.3) is 51.1 Å². The third kappa shape index (κ3) is 5.99. The second-order valence-corrected chi connectivity index (χ2v) is 19.7. The summed E-state index contributed by atoms with van der Waals surface area (Å²) in [7, 11) is 9.24. The molecule has 6 heteroatoms. The molecular weight excluding hydrogens is 751 g/mol. The fourth-order valence-corrected chi connectivity index (χ4v) is 10.0. The summed E-state index contributed by atoms with van der Waals surface area (Å²) in [4.78, 5) is 1.55. The molecule has 0 bridgehead atoms. The average Bonchev–Trinajstić information content (AvgIpc) is 3.90. The number of halogens is 2. The predicted molar refractivity (Wildman–Crippen MR) is 206 cm³/mol. The van der Waals surface area contributed by atoms with Gasteiger partial charge in [0.25, 0.3) is 0 Å². The minimum atomic E-state index is -0.826. The molecule has 246 valence electrons. The van der Waals surface area contributed by atoms with Crippen LogP contribution >= 0.6 is 17.0 Å². The van der Waals surface area contributed by atoms with Crippen LogP contribution in [0.3, 0.4) is 0 Å². The van der Waals surface area contributed by atoms with Crippen molar-refractivity contribution in [1.82, 2.24) is 0 Å². The van der Waals surface area contributed by atoms with Crippen molar-refractivity contribution >= 4 is 54.3 Å². The van der Waals surface area contributed by atoms with Gasteiger partial charge >= 0.3 is 37.9 Å². The van der Waals surface area contributed by atoms with E-state index in [4.69, 9.17) is 25.9 Å². The molecule has 4 aromatic carbocycles. The van der Waals surface area contributed by atoms with Crippen LogP contribution in [-0.4, -0.2) is 8.41 Å². The van der Waals surface area contributed by atoms with E-state index in [2.05, 4.69) is 128 Å². The van der Waals surface area contributed by atoms with E-state index in [0.29, 0.717) is 0 Å². The maximum absolute atomic E-state index is 6.47. The Hall–Kier alpha value is -3.53. The standard InChI is InChI=1S/C44H35O2Si.2ClH.Zr/c1-27-15-19-33-34(40(27)30-11-6-4-7-12-30)26-36(38-21-17-29(3)46-38)43(33)44-35(37-20-16-28(2)45-37)25-32-18-22-39(47-23-10-24-47)41(42(32)44)31-13-8-5-9-14-31;;;/h4-9,11-22,26,43H,10,23-24H2,1-3H3;2*1H;/q-1;;;+2/p-2. The molecule has 1 aliphatic heterocycles. The number of allylic oxidation sites excluding steroid dienone is 3. The van der Waals surface area contributed by atoms with Crippen molar-refractivity contribution in [3.05, 3.63) is 165 Å². The molecule has 2 nitrogen and oxygen atoms in total. The number of hydrogen-bond acceptors (Lipinski definition) is 2. The molecule has 1 unspecified atom stereocenters. The van der Waals surface area contributed by atoms with Crippen molar-refractivity contribution in [2.45, 2.75) is 45.2 Å². The van der Waals surface area contributed by atoms with E-state index in [1.807, 2.05) is 13.8 Å². The van der Waals surface area contributed by atoms with E-state index in [-0.39, 0.29) is 5.92 Å². The Morgan fingerprint density at radius 2 is 1.30 bits per heavy atom. The van der Waals surface area contributed by atoms with Crippen molar-refractivity contribution in [2.24, 2.45) is 0 Å². The van der Waals surface area contributed by atoms with Gasteiger partial charge < -0.3 is 8.83 Å². The summed E-state index contributed by atoms with van der Waals surface area (Å²) in [5.74, 6) is 3.53. The van der Waals surface area contributed by atoms with Gasteiger partial charge in [0.05, 0.1) is 11.5 Å². The van der Waals surface area contributed by atoms with Crippen LogP contribution in [0.4, 0.5) is 0 Å². The first-order valence-electron chi connectivity index (χ1n) is 17.1. The monoisotopic (exact) mass is 783 g/mol. The fourth-order valence-electron chi connectivity index (χ4n) is 7.85. The molecule has 1 atom stereocenters. The van der Waals surface area contributed by atoms with Gasteiger partial charge in [-0.1, -0.05) is 95.7 Å². The van der Waals surface area contributed by atoms with Gasteiger partial charge in [-0.15, -0.1) is 28.5 Å². The molecule has 9 rings (SSSR count). The summed E-state index contributed by atoms with van der Waals surface area (Å²) in [6, 6.07) is 42.3. The zero-order valence-corrected chi connectivity index (χ0v) is 33.2. The number of benzene rings is 4. The first-order chi connectivity index (χ1) is 24.5. The SMILES string of the molecule is Cc1ccc(C2=Cc3c(ccc(C)c3-c3ccccc3)C2C2=C(c3ccc(C)o3)[C-]=c3ccc(=[Si]4CCC4)c(-c4ccccc4)c32)o1.[Cl][Zr][Cl]. The zero-order valence-electron chi connectivity index (χ0n) is 28.2. The molecule has 50 heavy (non-hydrogen) atoms. The summed E-state index contributed by atoms with van der Waals surface area (Å²) in [5, 5.41) is 1.15. The Morgan fingerprint density at radius 3 is 1.88 bits per heavy atom. The van der Waals surface area contributed by atoms with E-state index in [9.17, 15) is 0 Å². The molecule has 0 saturated carbocycles. The Balaban J connectivity index is 0.00000116. The van der Waals surface area contributed by atoms with Gasteiger partial charge in [0.1, 0.15) is 11.5 Å². The van der Waals surface area contributed by atoms with Gasteiger partial charge in [0, 0.05) is 14.3 Å². The molecule has 0 spiro atoms. The number of furan rings is 2.